The van der Waals surface area contributed by atoms with E-state index in [2.05, 4.69) is 84.9 Å². The molecule has 5 aromatic rings. The highest BCUT2D eigenvalue weighted by atomic mass is 35.5. The molecule has 0 radical (unpaired) electrons. The highest BCUT2D eigenvalue weighted by molar-refractivity contribution is 6.64. The van der Waals surface area contributed by atoms with Gasteiger partial charge in [-0.25, -0.2) is 4.99 Å². The molecule has 0 saturated carbocycles. The van der Waals surface area contributed by atoms with E-state index in [1.807, 2.05) is 36.4 Å². The SMILES string of the molecule is CN1C(c2ccc(-c3cccc4c3oc3ccccc34)cc2)N=C(Cl)NC1(C)c1ccccc1. The number of hydrogen-bond acceptors (Lipinski definition) is 4. The number of nitrogens with zero attached hydrogens (tertiary/aromatic N) is 2. The van der Waals surface area contributed by atoms with Gasteiger partial charge in [0.2, 0.25) is 0 Å². The van der Waals surface area contributed by atoms with Crippen molar-refractivity contribution in [1.82, 2.24) is 10.2 Å². The molecular formula is C29H24ClN3O. The lowest BCUT2D eigenvalue weighted by Crippen LogP contribution is -2.57. The summed E-state index contributed by atoms with van der Waals surface area (Å²) in [7, 11) is 2.07. The summed E-state index contributed by atoms with van der Waals surface area (Å²) in [6.45, 7) is 2.13. The molecule has 1 N–H and O–H groups in total. The smallest absolute Gasteiger partial charge is 0.194 e. The maximum absolute atomic E-state index is 6.49. The molecule has 0 bridgehead atoms. The van der Waals surface area contributed by atoms with Crippen LogP contribution in [0.1, 0.15) is 24.2 Å². The van der Waals surface area contributed by atoms with Crippen LogP contribution >= 0.6 is 11.6 Å². The van der Waals surface area contributed by atoms with Crippen molar-refractivity contribution in [3.05, 3.63) is 108 Å². The molecule has 1 aliphatic rings. The van der Waals surface area contributed by atoms with Gasteiger partial charge in [0.05, 0.1) is 0 Å². The molecule has 4 aromatic carbocycles. The average Bonchev–Trinajstić information content (AvgIpc) is 3.26. The fourth-order valence-electron chi connectivity index (χ4n) is 4.91. The Morgan fingerprint density at radius 3 is 2.35 bits per heavy atom. The number of nitrogens with one attached hydrogen (secondary N) is 1. The third kappa shape index (κ3) is 3.30. The zero-order valence-corrected chi connectivity index (χ0v) is 19.8. The van der Waals surface area contributed by atoms with E-state index in [4.69, 9.17) is 21.0 Å². The molecule has 168 valence electrons. The molecule has 0 aliphatic carbocycles. The van der Waals surface area contributed by atoms with Crippen LogP contribution in [0.4, 0.5) is 0 Å². The van der Waals surface area contributed by atoms with Gasteiger partial charge in [0, 0.05) is 16.3 Å². The van der Waals surface area contributed by atoms with E-state index in [1.165, 1.54) is 0 Å². The fourth-order valence-corrected chi connectivity index (χ4v) is 5.18. The zero-order valence-electron chi connectivity index (χ0n) is 19.0. The third-order valence-electron chi connectivity index (χ3n) is 6.91. The quantitative estimate of drug-likeness (QED) is 0.285. The minimum absolute atomic E-state index is 0.213. The lowest BCUT2D eigenvalue weighted by atomic mass is 9.96. The highest BCUT2D eigenvalue weighted by Crippen LogP contribution is 2.39. The summed E-state index contributed by atoms with van der Waals surface area (Å²) in [5.41, 5.74) is 5.72. The number of furan rings is 1. The third-order valence-corrected chi connectivity index (χ3v) is 7.11. The Balaban J connectivity index is 1.38. The first-order valence-corrected chi connectivity index (χ1v) is 11.7. The van der Waals surface area contributed by atoms with Crippen LogP contribution in [-0.2, 0) is 5.66 Å². The van der Waals surface area contributed by atoms with Crippen LogP contribution in [0.3, 0.4) is 0 Å². The molecule has 1 aliphatic heterocycles. The van der Waals surface area contributed by atoms with E-state index in [9.17, 15) is 0 Å². The van der Waals surface area contributed by atoms with Gasteiger partial charge in [-0.2, -0.15) is 0 Å². The summed E-state index contributed by atoms with van der Waals surface area (Å²) in [5, 5.41) is 6.03. The summed E-state index contributed by atoms with van der Waals surface area (Å²) < 4.78 is 6.24. The van der Waals surface area contributed by atoms with Crippen molar-refractivity contribution in [2.24, 2.45) is 4.99 Å². The molecule has 1 aromatic heterocycles. The normalized spacial score (nSPS) is 20.9. The van der Waals surface area contributed by atoms with Gasteiger partial charge in [-0.05, 0) is 48.3 Å². The Labute approximate surface area is 203 Å². The van der Waals surface area contributed by atoms with Crippen molar-refractivity contribution in [3.63, 3.8) is 0 Å². The minimum Gasteiger partial charge on any atom is -0.455 e. The Kier molecular flexibility index (Phi) is 4.94. The van der Waals surface area contributed by atoms with Gasteiger partial charge in [-0.3, -0.25) is 4.90 Å². The van der Waals surface area contributed by atoms with Crippen LogP contribution in [0.5, 0.6) is 0 Å². The predicted octanol–water partition coefficient (Wildman–Crippen LogP) is 7.25. The summed E-state index contributed by atoms with van der Waals surface area (Å²) in [6.07, 6.45) is -0.213. The first-order chi connectivity index (χ1) is 16.5. The average molecular weight is 466 g/mol. The van der Waals surface area contributed by atoms with Gasteiger partial charge in [0.25, 0.3) is 0 Å². The van der Waals surface area contributed by atoms with Gasteiger partial charge in [0.15, 0.2) is 5.29 Å². The number of amidine groups is 1. The molecule has 4 nitrogen and oxygen atoms in total. The molecule has 6 rings (SSSR count). The number of para-hydroxylation sites is 2. The second-order valence-corrected chi connectivity index (χ2v) is 9.23. The Morgan fingerprint density at radius 1 is 0.853 bits per heavy atom. The molecule has 2 heterocycles. The van der Waals surface area contributed by atoms with Gasteiger partial charge in [0.1, 0.15) is 23.0 Å². The van der Waals surface area contributed by atoms with Gasteiger partial charge >= 0.3 is 0 Å². The van der Waals surface area contributed by atoms with Crippen molar-refractivity contribution in [1.29, 1.82) is 0 Å². The largest absolute Gasteiger partial charge is 0.455 e. The van der Waals surface area contributed by atoms with Crippen molar-refractivity contribution >= 4 is 38.8 Å². The molecule has 34 heavy (non-hydrogen) atoms. The van der Waals surface area contributed by atoms with E-state index in [1.54, 1.807) is 0 Å². The maximum atomic E-state index is 6.49. The number of rotatable bonds is 3. The Bertz CT molecular complexity index is 1520. The van der Waals surface area contributed by atoms with E-state index < -0.39 is 5.66 Å². The lowest BCUT2D eigenvalue weighted by molar-refractivity contribution is 0.0615. The number of aliphatic imine (C=N–C) groups is 1. The summed E-state index contributed by atoms with van der Waals surface area (Å²) in [6, 6.07) is 33.3. The summed E-state index contributed by atoms with van der Waals surface area (Å²) in [4.78, 5) is 6.93. The second kappa shape index (κ2) is 8.01. The van der Waals surface area contributed by atoms with Gasteiger partial charge in [-0.15, -0.1) is 0 Å². The zero-order chi connectivity index (χ0) is 23.3. The fraction of sp³-hybridized carbons (Fsp3) is 0.138. The van der Waals surface area contributed by atoms with E-state index in [0.717, 1.165) is 44.2 Å². The summed E-state index contributed by atoms with van der Waals surface area (Å²) >= 11 is 6.49. The first-order valence-electron chi connectivity index (χ1n) is 11.4. The van der Waals surface area contributed by atoms with E-state index >= 15 is 0 Å². The maximum Gasteiger partial charge on any atom is 0.194 e. The van der Waals surface area contributed by atoms with E-state index in [-0.39, 0.29) is 6.17 Å². The topological polar surface area (TPSA) is 40.8 Å². The number of halogens is 1. The molecule has 0 spiro atoms. The standard InChI is InChI=1S/C29H24ClN3O/c1-29(21-9-4-3-5-10-21)32-28(30)31-27(33(29)2)20-17-15-19(16-18-20)22-12-8-13-24-23-11-6-7-14-25(23)34-26(22)24/h3-18,27H,1-2H3,(H,31,32). The number of hydrogen-bond donors (Lipinski definition) is 1. The molecule has 2 atom stereocenters. The summed E-state index contributed by atoms with van der Waals surface area (Å²) in [5.74, 6) is 0. The van der Waals surface area contributed by atoms with Crippen LogP contribution in [0.2, 0.25) is 0 Å². The van der Waals surface area contributed by atoms with Crippen molar-refractivity contribution in [2.75, 3.05) is 7.05 Å². The first kappa shape index (κ1) is 21.0. The lowest BCUT2D eigenvalue weighted by Gasteiger charge is -2.46. The number of benzene rings is 4. The van der Waals surface area contributed by atoms with Crippen LogP contribution < -0.4 is 5.32 Å². The van der Waals surface area contributed by atoms with E-state index in [0.29, 0.717) is 5.29 Å². The molecule has 5 heteroatoms. The predicted molar refractivity (Wildman–Crippen MR) is 140 cm³/mol. The minimum atomic E-state index is -0.483. The van der Waals surface area contributed by atoms with Crippen molar-refractivity contribution < 1.29 is 4.42 Å². The van der Waals surface area contributed by atoms with Gasteiger partial charge < -0.3 is 9.73 Å². The molecule has 0 fully saturated rings. The monoisotopic (exact) mass is 465 g/mol. The molecule has 0 amide bonds. The van der Waals surface area contributed by atoms with Crippen LogP contribution in [-0.4, -0.2) is 17.2 Å². The van der Waals surface area contributed by atoms with Crippen LogP contribution in [0.15, 0.2) is 106 Å². The van der Waals surface area contributed by atoms with Crippen LogP contribution in [0.25, 0.3) is 33.1 Å². The van der Waals surface area contributed by atoms with Crippen molar-refractivity contribution in [3.8, 4) is 11.1 Å². The molecule has 2 unspecified atom stereocenters. The van der Waals surface area contributed by atoms with Crippen molar-refractivity contribution in [2.45, 2.75) is 18.8 Å². The molecular weight excluding hydrogens is 442 g/mol. The molecule has 0 saturated heterocycles. The van der Waals surface area contributed by atoms with Gasteiger partial charge in [-0.1, -0.05) is 91.0 Å². The van der Waals surface area contributed by atoms with Crippen LogP contribution in [0, 0.1) is 0 Å². The Hall–Kier alpha value is -3.60. The Morgan fingerprint density at radius 2 is 1.56 bits per heavy atom. The number of fused-ring (bicyclic) bond motifs is 3. The highest BCUT2D eigenvalue weighted by Gasteiger charge is 2.40. The second-order valence-electron chi connectivity index (χ2n) is 8.87.